The van der Waals surface area contributed by atoms with Gasteiger partial charge in [-0.1, -0.05) is 13.8 Å². The van der Waals surface area contributed by atoms with E-state index in [0.717, 1.165) is 22.3 Å². The molecule has 0 N–H and O–H groups in total. The van der Waals surface area contributed by atoms with Crippen LogP contribution in [0.15, 0.2) is 5.57 Å². The van der Waals surface area contributed by atoms with E-state index in [1.165, 1.54) is 16.7 Å². The van der Waals surface area contributed by atoms with Crippen molar-refractivity contribution < 1.29 is 4.79 Å². The first-order valence-corrected chi connectivity index (χ1v) is 6.22. The van der Waals surface area contributed by atoms with Crippen LogP contribution in [0.25, 0.3) is 6.08 Å². The van der Waals surface area contributed by atoms with Crippen LogP contribution in [0.2, 0.25) is 0 Å². The van der Waals surface area contributed by atoms with Crippen LogP contribution in [0, 0.1) is 33.6 Å². The topological polar surface area (TPSA) is 17.1 Å². The highest BCUT2D eigenvalue weighted by molar-refractivity contribution is 6.19. The molecule has 1 aromatic rings. The Morgan fingerprint density at radius 1 is 0.882 bits per heavy atom. The zero-order chi connectivity index (χ0) is 12.9. The predicted octanol–water partition coefficient (Wildman–Crippen LogP) is 4.16. The van der Waals surface area contributed by atoms with Gasteiger partial charge in [-0.2, -0.15) is 0 Å². The maximum absolute atomic E-state index is 12.4. The predicted molar refractivity (Wildman–Crippen MR) is 72.5 cm³/mol. The lowest BCUT2D eigenvalue weighted by molar-refractivity contribution is 0.102. The fourth-order valence-electron chi connectivity index (χ4n) is 2.61. The molecule has 0 radical (unpaired) electrons. The summed E-state index contributed by atoms with van der Waals surface area (Å²) in [6, 6.07) is 0. The van der Waals surface area contributed by atoms with E-state index in [1.807, 2.05) is 0 Å². The normalized spacial score (nSPS) is 14.3. The van der Waals surface area contributed by atoms with Gasteiger partial charge in [0.1, 0.15) is 0 Å². The molecule has 0 saturated carbocycles. The van der Waals surface area contributed by atoms with Crippen molar-refractivity contribution in [1.29, 1.82) is 0 Å². The van der Waals surface area contributed by atoms with Crippen LogP contribution >= 0.6 is 0 Å². The summed E-state index contributed by atoms with van der Waals surface area (Å²) in [5.74, 6) is 0.535. The van der Waals surface area contributed by atoms with Gasteiger partial charge in [0.05, 0.1) is 0 Å². The van der Waals surface area contributed by atoms with E-state index in [9.17, 15) is 4.79 Å². The smallest absolute Gasteiger partial charge is 0.190 e. The van der Waals surface area contributed by atoms with E-state index in [-0.39, 0.29) is 5.78 Å². The van der Waals surface area contributed by atoms with Crippen LogP contribution in [0.4, 0.5) is 0 Å². The highest BCUT2D eigenvalue weighted by Gasteiger charge is 2.28. The molecule has 0 bridgehead atoms. The summed E-state index contributed by atoms with van der Waals surface area (Å²) >= 11 is 0. The lowest BCUT2D eigenvalue weighted by Gasteiger charge is -2.14. The number of carbonyl (C=O) groups excluding carboxylic acids is 1. The molecule has 0 fully saturated rings. The number of hydrogen-bond donors (Lipinski definition) is 0. The zero-order valence-electron chi connectivity index (χ0n) is 11.6. The minimum atomic E-state index is 0.235. The SMILES string of the molecule is Cc1c(C)c(C)c2c(c1C)C=C(C(C)C)C2=O. The van der Waals surface area contributed by atoms with Gasteiger partial charge in [0.25, 0.3) is 0 Å². The number of rotatable bonds is 1. The van der Waals surface area contributed by atoms with E-state index >= 15 is 0 Å². The van der Waals surface area contributed by atoms with Crippen molar-refractivity contribution in [3.63, 3.8) is 0 Å². The Bertz CT molecular complexity index is 545. The maximum atomic E-state index is 12.4. The van der Waals surface area contributed by atoms with Gasteiger partial charge in [0, 0.05) is 11.1 Å². The zero-order valence-corrected chi connectivity index (χ0v) is 11.6. The van der Waals surface area contributed by atoms with Gasteiger partial charge in [0.2, 0.25) is 0 Å². The average molecular weight is 228 g/mol. The van der Waals surface area contributed by atoms with Gasteiger partial charge in [-0.3, -0.25) is 4.79 Å². The molecule has 2 rings (SSSR count). The summed E-state index contributed by atoms with van der Waals surface area (Å²) in [5, 5.41) is 0. The summed E-state index contributed by atoms with van der Waals surface area (Å²) in [6.45, 7) is 12.6. The molecule has 0 amide bonds. The minimum absolute atomic E-state index is 0.235. The van der Waals surface area contributed by atoms with Crippen LogP contribution in [-0.4, -0.2) is 5.78 Å². The second kappa shape index (κ2) is 3.83. The quantitative estimate of drug-likeness (QED) is 0.705. The van der Waals surface area contributed by atoms with Crippen molar-refractivity contribution in [3.8, 4) is 0 Å². The van der Waals surface area contributed by atoms with Crippen LogP contribution in [-0.2, 0) is 0 Å². The van der Waals surface area contributed by atoms with E-state index in [0.29, 0.717) is 5.92 Å². The molecule has 1 aromatic carbocycles. The first-order valence-electron chi connectivity index (χ1n) is 6.22. The molecule has 0 spiro atoms. The lowest BCUT2D eigenvalue weighted by atomic mass is 9.89. The molecule has 0 atom stereocenters. The van der Waals surface area contributed by atoms with Crippen molar-refractivity contribution >= 4 is 11.9 Å². The molecule has 1 heteroatoms. The number of hydrogen-bond acceptors (Lipinski definition) is 1. The largest absolute Gasteiger partial charge is 0.289 e. The van der Waals surface area contributed by atoms with Crippen molar-refractivity contribution in [1.82, 2.24) is 0 Å². The molecule has 1 nitrogen and oxygen atoms in total. The van der Waals surface area contributed by atoms with E-state index in [1.54, 1.807) is 0 Å². The van der Waals surface area contributed by atoms with Gasteiger partial charge < -0.3 is 0 Å². The molecule has 1 aliphatic carbocycles. The fraction of sp³-hybridized carbons (Fsp3) is 0.438. The molecule has 0 saturated heterocycles. The molecule has 1 aliphatic rings. The second-order valence-corrected chi connectivity index (χ2v) is 5.37. The Balaban J connectivity index is 2.77. The Morgan fingerprint density at radius 2 is 1.41 bits per heavy atom. The highest BCUT2D eigenvalue weighted by atomic mass is 16.1. The first-order chi connectivity index (χ1) is 7.86. The van der Waals surface area contributed by atoms with Crippen LogP contribution in [0.1, 0.15) is 52.0 Å². The van der Waals surface area contributed by atoms with Gasteiger partial charge in [-0.15, -0.1) is 0 Å². The van der Waals surface area contributed by atoms with Crippen LogP contribution in [0.3, 0.4) is 0 Å². The summed E-state index contributed by atoms with van der Waals surface area (Å²) in [5.41, 5.74) is 8.03. The monoisotopic (exact) mass is 228 g/mol. The molecule has 0 aliphatic heterocycles. The van der Waals surface area contributed by atoms with Gasteiger partial charge >= 0.3 is 0 Å². The Kier molecular flexibility index (Phi) is 2.73. The lowest BCUT2D eigenvalue weighted by Crippen LogP contribution is -2.08. The Labute approximate surface area is 104 Å². The Morgan fingerprint density at radius 3 is 1.94 bits per heavy atom. The number of Topliss-reactive ketones (excluding diaryl/α,β-unsaturated/α-hetero) is 1. The fourth-order valence-corrected chi connectivity index (χ4v) is 2.61. The van der Waals surface area contributed by atoms with Gasteiger partial charge in [-0.25, -0.2) is 0 Å². The third-order valence-electron chi connectivity index (χ3n) is 4.15. The number of carbonyl (C=O) groups is 1. The third-order valence-corrected chi connectivity index (χ3v) is 4.15. The van der Waals surface area contributed by atoms with Gasteiger partial charge in [-0.05, 0) is 67.5 Å². The summed E-state index contributed by atoms with van der Waals surface area (Å²) < 4.78 is 0. The highest BCUT2D eigenvalue weighted by Crippen LogP contribution is 2.36. The Hall–Kier alpha value is -1.37. The van der Waals surface area contributed by atoms with Gasteiger partial charge in [0.15, 0.2) is 5.78 Å². The molecule has 90 valence electrons. The molecule has 17 heavy (non-hydrogen) atoms. The maximum Gasteiger partial charge on any atom is 0.190 e. The molecular formula is C16H20O. The minimum Gasteiger partial charge on any atom is -0.289 e. The van der Waals surface area contributed by atoms with Crippen molar-refractivity contribution in [2.45, 2.75) is 41.5 Å². The van der Waals surface area contributed by atoms with Crippen molar-refractivity contribution in [3.05, 3.63) is 39.0 Å². The van der Waals surface area contributed by atoms with Crippen LogP contribution in [0.5, 0.6) is 0 Å². The van der Waals surface area contributed by atoms with E-state index in [4.69, 9.17) is 0 Å². The average Bonchev–Trinajstić information content (AvgIpc) is 2.62. The van der Waals surface area contributed by atoms with Crippen LogP contribution < -0.4 is 0 Å². The summed E-state index contributed by atoms with van der Waals surface area (Å²) in [4.78, 5) is 12.4. The summed E-state index contributed by atoms with van der Waals surface area (Å²) in [7, 11) is 0. The number of ketones is 1. The second-order valence-electron chi connectivity index (χ2n) is 5.37. The van der Waals surface area contributed by atoms with E-state index < -0.39 is 0 Å². The number of benzene rings is 1. The molecular weight excluding hydrogens is 208 g/mol. The van der Waals surface area contributed by atoms with Crippen molar-refractivity contribution in [2.75, 3.05) is 0 Å². The standard InChI is InChI=1S/C16H20O/c1-8(2)13-7-14-11(5)9(3)10(4)12(6)15(14)16(13)17/h7-8H,1-6H3. The third kappa shape index (κ3) is 1.56. The summed E-state index contributed by atoms with van der Waals surface area (Å²) in [6.07, 6.45) is 2.09. The van der Waals surface area contributed by atoms with E-state index in [2.05, 4.69) is 47.6 Å². The molecule has 0 heterocycles. The number of fused-ring (bicyclic) bond motifs is 1. The van der Waals surface area contributed by atoms with Crippen molar-refractivity contribution in [2.24, 2.45) is 5.92 Å². The number of allylic oxidation sites excluding steroid dienone is 1. The molecule has 0 unspecified atom stereocenters. The molecule has 0 aromatic heterocycles. The first kappa shape index (κ1) is 12.1.